The highest BCUT2D eigenvalue weighted by atomic mass is 32.2. The third kappa shape index (κ3) is 5.00. The lowest BCUT2D eigenvalue weighted by Crippen LogP contribution is -2.40. The van der Waals surface area contributed by atoms with Crippen LogP contribution in [0.5, 0.6) is 0 Å². The van der Waals surface area contributed by atoms with Crippen LogP contribution >= 0.6 is 11.8 Å². The molecule has 9 heteroatoms. The van der Waals surface area contributed by atoms with Gasteiger partial charge in [-0.3, -0.25) is 19.7 Å². The van der Waals surface area contributed by atoms with E-state index in [0.717, 1.165) is 22.4 Å². The van der Waals surface area contributed by atoms with Gasteiger partial charge in [-0.2, -0.15) is 0 Å². The van der Waals surface area contributed by atoms with Crippen LogP contribution in [0.3, 0.4) is 0 Å². The molecule has 2 heterocycles. The van der Waals surface area contributed by atoms with Crippen molar-refractivity contribution in [3.8, 4) is 17.1 Å². The average Bonchev–Trinajstić information content (AvgIpc) is 3.11. The topological polar surface area (TPSA) is 102 Å². The Kier molecular flexibility index (Phi) is 6.61. The summed E-state index contributed by atoms with van der Waals surface area (Å²) in [6, 6.07) is 9.35. The first-order valence-corrected chi connectivity index (χ1v) is 10.1. The van der Waals surface area contributed by atoms with E-state index in [9.17, 15) is 9.59 Å². The molecule has 3 amide bonds. The van der Waals surface area contributed by atoms with Crippen LogP contribution in [0.25, 0.3) is 17.1 Å². The first-order valence-electron chi connectivity index (χ1n) is 9.13. The van der Waals surface area contributed by atoms with Gasteiger partial charge >= 0.3 is 6.03 Å². The molecule has 0 spiro atoms. The number of carbonyl (C=O) groups excluding carboxylic acids is 2. The van der Waals surface area contributed by atoms with E-state index < -0.39 is 11.9 Å². The molecule has 3 rings (SSSR count). The average molecular weight is 411 g/mol. The van der Waals surface area contributed by atoms with Crippen LogP contribution in [-0.2, 0) is 4.79 Å². The zero-order valence-corrected chi connectivity index (χ0v) is 17.3. The number of hydrogen-bond acceptors (Lipinski definition) is 6. The molecule has 29 heavy (non-hydrogen) atoms. The van der Waals surface area contributed by atoms with E-state index in [1.807, 2.05) is 42.7 Å². The summed E-state index contributed by atoms with van der Waals surface area (Å²) in [5.41, 5.74) is 3.95. The maximum atomic E-state index is 12.1. The normalized spacial score (nSPS) is 10.6. The highest BCUT2D eigenvalue weighted by molar-refractivity contribution is 7.99. The van der Waals surface area contributed by atoms with E-state index in [4.69, 9.17) is 0 Å². The van der Waals surface area contributed by atoms with Gasteiger partial charge in [0.15, 0.2) is 11.0 Å². The van der Waals surface area contributed by atoms with E-state index in [2.05, 4.69) is 31.9 Å². The lowest BCUT2D eigenvalue weighted by Gasteiger charge is -2.13. The number of rotatable bonds is 6. The molecule has 0 saturated carbocycles. The molecular formula is C20H22N6O2S. The number of aryl methyl sites for hydroxylation is 2. The summed E-state index contributed by atoms with van der Waals surface area (Å²) >= 11 is 1.22. The number of hydrogen-bond donors (Lipinski definition) is 2. The van der Waals surface area contributed by atoms with Crippen molar-refractivity contribution in [1.29, 1.82) is 0 Å². The maximum Gasteiger partial charge on any atom is 0.321 e. The summed E-state index contributed by atoms with van der Waals surface area (Å²) in [5.74, 6) is 0.267. The van der Waals surface area contributed by atoms with Gasteiger partial charge < -0.3 is 5.32 Å². The summed E-state index contributed by atoms with van der Waals surface area (Å²) in [5, 5.41) is 14.0. The van der Waals surface area contributed by atoms with Crippen molar-refractivity contribution in [1.82, 2.24) is 30.4 Å². The minimum absolute atomic E-state index is 0.0349. The summed E-state index contributed by atoms with van der Waals surface area (Å²) in [6.07, 6.45) is 3.42. The predicted octanol–water partition coefficient (Wildman–Crippen LogP) is 2.88. The SMILES string of the molecule is CCNC(=O)NC(=O)CSc1nnc(-c2cccnc2)n1-c1ccc(C)cc1C. The first-order chi connectivity index (χ1) is 14.0. The van der Waals surface area contributed by atoms with Crippen LogP contribution in [-0.4, -0.2) is 44.0 Å². The number of imide groups is 1. The summed E-state index contributed by atoms with van der Waals surface area (Å²) in [6.45, 7) is 6.28. The Balaban J connectivity index is 1.92. The van der Waals surface area contributed by atoms with Crippen LogP contribution in [0.4, 0.5) is 4.79 Å². The molecule has 0 saturated heterocycles. The highest BCUT2D eigenvalue weighted by Gasteiger charge is 2.19. The molecule has 0 unspecified atom stereocenters. The zero-order valence-electron chi connectivity index (χ0n) is 16.5. The summed E-state index contributed by atoms with van der Waals surface area (Å²) in [7, 11) is 0. The Hall–Kier alpha value is -3.20. The molecule has 8 nitrogen and oxygen atoms in total. The number of nitrogens with zero attached hydrogens (tertiary/aromatic N) is 4. The Morgan fingerprint density at radius 3 is 2.69 bits per heavy atom. The van der Waals surface area contributed by atoms with Crippen molar-refractivity contribution in [3.05, 3.63) is 53.9 Å². The van der Waals surface area contributed by atoms with Gasteiger partial charge in [-0.15, -0.1) is 10.2 Å². The summed E-state index contributed by atoms with van der Waals surface area (Å²) in [4.78, 5) is 27.8. The Morgan fingerprint density at radius 1 is 1.17 bits per heavy atom. The minimum Gasteiger partial charge on any atom is -0.338 e. The molecule has 1 aromatic carbocycles. The lowest BCUT2D eigenvalue weighted by atomic mass is 10.1. The van der Waals surface area contributed by atoms with Crippen molar-refractivity contribution >= 4 is 23.7 Å². The number of thioether (sulfide) groups is 1. The molecule has 0 aliphatic rings. The van der Waals surface area contributed by atoms with Crippen molar-refractivity contribution in [3.63, 3.8) is 0 Å². The third-order valence-electron chi connectivity index (χ3n) is 4.07. The van der Waals surface area contributed by atoms with E-state index >= 15 is 0 Å². The van der Waals surface area contributed by atoms with Crippen molar-refractivity contribution in [2.24, 2.45) is 0 Å². The fraction of sp³-hybridized carbons (Fsp3) is 0.250. The Bertz CT molecular complexity index is 1020. The maximum absolute atomic E-state index is 12.1. The van der Waals surface area contributed by atoms with Gasteiger partial charge in [0.05, 0.1) is 11.4 Å². The smallest absolute Gasteiger partial charge is 0.321 e. The highest BCUT2D eigenvalue weighted by Crippen LogP contribution is 2.29. The van der Waals surface area contributed by atoms with Crippen molar-refractivity contribution in [2.45, 2.75) is 25.9 Å². The zero-order chi connectivity index (χ0) is 20.8. The van der Waals surface area contributed by atoms with Crippen LogP contribution in [0, 0.1) is 13.8 Å². The second-order valence-corrected chi connectivity index (χ2v) is 7.31. The Morgan fingerprint density at radius 2 is 2.00 bits per heavy atom. The quantitative estimate of drug-likeness (QED) is 0.606. The first kappa shape index (κ1) is 20.5. The molecule has 2 N–H and O–H groups in total. The molecule has 0 aliphatic heterocycles. The molecular weight excluding hydrogens is 388 g/mol. The van der Waals surface area contributed by atoms with Gasteiger partial charge in [0.25, 0.3) is 0 Å². The van der Waals surface area contributed by atoms with Gasteiger partial charge in [-0.1, -0.05) is 29.5 Å². The predicted molar refractivity (Wildman–Crippen MR) is 112 cm³/mol. The fourth-order valence-electron chi connectivity index (χ4n) is 2.82. The molecule has 3 aromatic rings. The van der Waals surface area contributed by atoms with Gasteiger partial charge in [0, 0.05) is 24.5 Å². The van der Waals surface area contributed by atoms with Crippen LogP contribution in [0.1, 0.15) is 18.1 Å². The van der Waals surface area contributed by atoms with E-state index in [1.165, 1.54) is 11.8 Å². The number of amides is 3. The second kappa shape index (κ2) is 9.33. The number of urea groups is 1. The van der Waals surface area contributed by atoms with Crippen LogP contribution in [0.2, 0.25) is 0 Å². The van der Waals surface area contributed by atoms with Gasteiger partial charge in [0.1, 0.15) is 0 Å². The molecule has 0 bridgehead atoms. The Labute approximate surface area is 173 Å². The number of nitrogens with one attached hydrogen (secondary N) is 2. The van der Waals surface area contributed by atoms with E-state index in [0.29, 0.717) is 17.5 Å². The largest absolute Gasteiger partial charge is 0.338 e. The van der Waals surface area contributed by atoms with Crippen molar-refractivity contribution < 1.29 is 9.59 Å². The van der Waals surface area contributed by atoms with Gasteiger partial charge in [0.2, 0.25) is 5.91 Å². The lowest BCUT2D eigenvalue weighted by molar-refractivity contribution is -0.117. The van der Waals surface area contributed by atoms with Crippen LogP contribution in [0.15, 0.2) is 47.9 Å². The van der Waals surface area contributed by atoms with E-state index in [1.54, 1.807) is 19.3 Å². The monoisotopic (exact) mass is 410 g/mol. The van der Waals surface area contributed by atoms with E-state index in [-0.39, 0.29) is 5.75 Å². The van der Waals surface area contributed by atoms with Crippen LogP contribution < -0.4 is 10.6 Å². The second-order valence-electron chi connectivity index (χ2n) is 6.37. The molecule has 0 radical (unpaired) electrons. The minimum atomic E-state index is -0.509. The fourth-order valence-corrected chi connectivity index (χ4v) is 3.56. The number of benzene rings is 1. The molecule has 0 atom stereocenters. The standard InChI is InChI=1S/C20H22N6O2S/c1-4-22-19(28)23-17(27)12-29-20-25-24-18(15-6-5-9-21-11-15)26(20)16-8-7-13(2)10-14(16)3/h5-11H,4,12H2,1-3H3,(H2,22,23,27,28). The number of pyridine rings is 1. The summed E-state index contributed by atoms with van der Waals surface area (Å²) < 4.78 is 1.91. The third-order valence-corrected chi connectivity index (χ3v) is 5.00. The van der Waals surface area contributed by atoms with Gasteiger partial charge in [-0.25, -0.2) is 4.79 Å². The molecule has 0 fully saturated rings. The van der Waals surface area contributed by atoms with Gasteiger partial charge in [-0.05, 0) is 44.5 Å². The molecule has 2 aromatic heterocycles. The van der Waals surface area contributed by atoms with Crippen molar-refractivity contribution in [2.75, 3.05) is 12.3 Å². The number of aromatic nitrogens is 4. The molecule has 0 aliphatic carbocycles. The molecule has 150 valence electrons. The number of carbonyl (C=O) groups is 2.